The SMILES string of the molecule is CN1C2CCC1CN(c1cc(F)c(I)cc1N)CC2. The lowest BCUT2D eigenvalue weighted by atomic mass is 10.1. The Morgan fingerprint density at radius 2 is 2.00 bits per heavy atom. The first-order valence-corrected chi connectivity index (χ1v) is 7.85. The molecule has 3 nitrogen and oxygen atoms in total. The van der Waals surface area contributed by atoms with Crippen LogP contribution in [0, 0.1) is 9.39 Å². The minimum atomic E-state index is -0.174. The first-order valence-electron chi connectivity index (χ1n) is 6.77. The van der Waals surface area contributed by atoms with Crippen LogP contribution >= 0.6 is 22.6 Å². The van der Waals surface area contributed by atoms with E-state index in [0.29, 0.717) is 21.3 Å². The minimum Gasteiger partial charge on any atom is -0.397 e. The Morgan fingerprint density at radius 1 is 1.26 bits per heavy atom. The summed E-state index contributed by atoms with van der Waals surface area (Å²) in [6, 6.07) is 4.59. The molecule has 2 unspecified atom stereocenters. The predicted molar refractivity (Wildman–Crippen MR) is 84.9 cm³/mol. The first-order chi connectivity index (χ1) is 9.06. The molecule has 0 saturated carbocycles. The maximum Gasteiger partial charge on any atom is 0.138 e. The molecule has 2 aliphatic heterocycles. The van der Waals surface area contributed by atoms with Gasteiger partial charge in [0, 0.05) is 31.2 Å². The summed E-state index contributed by atoms with van der Waals surface area (Å²) < 4.78 is 14.4. The predicted octanol–water partition coefficient (Wildman–Crippen LogP) is 2.69. The number of nitrogen functional groups attached to an aromatic ring is 1. The Bertz CT molecular complexity index is 494. The Labute approximate surface area is 127 Å². The number of fused-ring (bicyclic) bond motifs is 2. The fraction of sp³-hybridized carbons (Fsp3) is 0.571. The second-order valence-electron chi connectivity index (χ2n) is 5.61. The molecule has 0 spiro atoms. The Morgan fingerprint density at radius 3 is 2.79 bits per heavy atom. The molecule has 2 aliphatic rings. The zero-order chi connectivity index (χ0) is 13.6. The van der Waals surface area contributed by atoms with E-state index in [1.807, 2.05) is 22.6 Å². The standard InChI is InChI=1S/C14H19FIN3/c1-18-9-2-3-10(18)8-19(5-4-9)14-6-11(15)12(16)7-13(14)17/h6-7,9-10H,2-5,8,17H2,1H3. The summed E-state index contributed by atoms with van der Waals surface area (Å²) in [5, 5.41) is 0. The van der Waals surface area contributed by atoms with Crippen LogP contribution in [0.15, 0.2) is 12.1 Å². The van der Waals surface area contributed by atoms with E-state index in [9.17, 15) is 4.39 Å². The zero-order valence-corrected chi connectivity index (χ0v) is 13.2. The van der Waals surface area contributed by atoms with E-state index in [0.717, 1.165) is 25.2 Å². The van der Waals surface area contributed by atoms with Crippen molar-refractivity contribution >= 4 is 34.0 Å². The van der Waals surface area contributed by atoms with Crippen molar-refractivity contribution in [2.75, 3.05) is 30.8 Å². The van der Waals surface area contributed by atoms with Crippen LogP contribution in [0.25, 0.3) is 0 Å². The summed E-state index contributed by atoms with van der Waals surface area (Å²) in [5.41, 5.74) is 7.62. The number of halogens is 2. The number of anilines is 2. The van der Waals surface area contributed by atoms with Gasteiger partial charge in [0.2, 0.25) is 0 Å². The van der Waals surface area contributed by atoms with Crippen LogP contribution in [0.1, 0.15) is 19.3 Å². The molecule has 2 heterocycles. The molecule has 2 bridgehead atoms. The van der Waals surface area contributed by atoms with Gasteiger partial charge in [0.15, 0.2) is 0 Å². The van der Waals surface area contributed by atoms with Gasteiger partial charge in [0.25, 0.3) is 0 Å². The van der Waals surface area contributed by atoms with E-state index >= 15 is 0 Å². The molecule has 104 valence electrons. The van der Waals surface area contributed by atoms with Crippen LogP contribution in [0.5, 0.6) is 0 Å². The van der Waals surface area contributed by atoms with E-state index in [-0.39, 0.29) is 5.82 Å². The van der Waals surface area contributed by atoms with Crippen molar-refractivity contribution in [3.8, 4) is 0 Å². The normalized spacial score (nSPS) is 27.6. The van der Waals surface area contributed by atoms with Crippen molar-refractivity contribution in [2.24, 2.45) is 0 Å². The summed E-state index contributed by atoms with van der Waals surface area (Å²) in [6.45, 7) is 1.92. The van der Waals surface area contributed by atoms with Gasteiger partial charge in [0.1, 0.15) is 5.82 Å². The topological polar surface area (TPSA) is 32.5 Å². The van der Waals surface area contributed by atoms with Crippen LogP contribution in [-0.4, -0.2) is 37.1 Å². The molecule has 1 aromatic carbocycles. The van der Waals surface area contributed by atoms with Crippen LogP contribution in [0.3, 0.4) is 0 Å². The minimum absolute atomic E-state index is 0.174. The van der Waals surface area contributed by atoms with Crippen molar-refractivity contribution in [1.29, 1.82) is 0 Å². The molecule has 0 aliphatic carbocycles. The number of rotatable bonds is 1. The van der Waals surface area contributed by atoms with E-state index in [1.165, 1.54) is 12.8 Å². The molecule has 2 saturated heterocycles. The molecule has 5 heteroatoms. The highest BCUT2D eigenvalue weighted by Crippen LogP contribution is 2.34. The number of hydrogen-bond donors (Lipinski definition) is 1. The quantitative estimate of drug-likeness (QED) is 0.605. The van der Waals surface area contributed by atoms with Crippen LogP contribution in [0.2, 0.25) is 0 Å². The molecule has 19 heavy (non-hydrogen) atoms. The third kappa shape index (κ3) is 2.42. The lowest BCUT2D eigenvalue weighted by Gasteiger charge is -2.28. The van der Waals surface area contributed by atoms with Gasteiger partial charge in [-0.05, 0) is 55.0 Å². The fourth-order valence-corrected chi connectivity index (χ4v) is 3.84. The van der Waals surface area contributed by atoms with E-state index in [4.69, 9.17) is 5.73 Å². The van der Waals surface area contributed by atoms with E-state index < -0.39 is 0 Å². The molecule has 0 aromatic heterocycles. The first kappa shape index (κ1) is 13.4. The van der Waals surface area contributed by atoms with Crippen molar-refractivity contribution in [3.63, 3.8) is 0 Å². The van der Waals surface area contributed by atoms with Crippen LogP contribution < -0.4 is 10.6 Å². The Hall–Kier alpha value is -0.560. The highest BCUT2D eigenvalue weighted by atomic mass is 127. The molecule has 2 N–H and O–H groups in total. The van der Waals surface area contributed by atoms with Gasteiger partial charge in [-0.3, -0.25) is 4.90 Å². The molecule has 1 aromatic rings. The molecule has 0 amide bonds. The molecule has 2 atom stereocenters. The van der Waals surface area contributed by atoms with Crippen molar-refractivity contribution in [3.05, 3.63) is 21.5 Å². The molecule has 3 rings (SSSR count). The lowest BCUT2D eigenvalue weighted by molar-refractivity contribution is 0.254. The number of likely N-dealkylation sites (N-methyl/N-ethyl adjacent to an activating group) is 1. The van der Waals surface area contributed by atoms with E-state index in [2.05, 4.69) is 16.8 Å². The molecular formula is C14H19FIN3. The van der Waals surface area contributed by atoms with Crippen LogP contribution in [-0.2, 0) is 0 Å². The highest BCUT2D eigenvalue weighted by molar-refractivity contribution is 14.1. The highest BCUT2D eigenvalue weighted by Gasteiger charge is 2.35. The molecule has 2 fully saturated rings. The summed E-state index contributed by atoms with van der Waals surface area (Å²) in [4.78, 5) is 4.74. The monoisotopic (exact) mass is 375 g/mol. The fourth-order valence-electron chi connectivity index (χ4n) is 3.35. The van der Waals surface area contributed by atoms with Crippen molar-refractivity contribution < 1.29 is 4.39 Å². The Kier molecular flexibility index (Phi) is 3.59. The number of hydrogen-bond acceptors (Lipinski definition) is 3. The average molecular weight is 375 g/mol. The second-order valence-corrected chi connectivity index (χ2v) is 6.77. The summed E-state index contributed by atoms with van der Waals surface area (Å²) >= 11 is 1.99. The number of nitrogens with zero attached hydrogens (tertiary/aromatic N) is 2. The number of benzene rings is 1. The van der Waals surface area contributed by atoms with Crippen LogP contribution in [0.4, 0.5) is 15.8 Å². The summed E-state index contributed by atoms with van der Waals surface area (Å²) in [7, 11) is 2.21. The third-order valence-corrected chi connectivity index (χ3v) is 5.39. The van der Waals surface area contributed by atoms with Gasteiger partial charge in [-0.2, -0.15) is 0 Å². The second kappa shape index (κ2) is 5.09. The molecule has 0 radical (unpaired) electrons. The average Bonchev–Trinajstić information content (AvgIpc) is 2.59. The zero-order valence-electron chi connectivity index (χ0n) is 11.1. The summed E-state index contributed by atoms with van der Waals surface area (Å²) in [5.74, 6) is -0.174. The third-order valence-electron chi connectivity index (χ3n) is 4.56. The van der Waals surface area contributed by atoms with Gasteiger partial charge in [0.05, 0.1) is 14.9 Å². The number of nitrogens with two attached hydrogens (primary N) is 1. The van der Waals surface area contributed by atoms with Gasteiger partial charge in [-0.25, -0.2) is 4.39 Å². The molecular weight excluding hydrogens is 356 g/mol. The van der Waals surface area contributed by atoms with Gasteiger partial charge in [-0.1, -0.05) is 0 Å². The maximum absolute atomic E-state index is 13.8. The largest absolute Gasteiger partial charge is 0.397 e. The van der Waals surface area contributed by atoms with Gasteiger partial charge in [-0.15, -0.1) is 0 Å². The van der Waals surface area contributed by atoms with Gasteiger partial charge >= 0.3 is 0 Å². The Balaban J connectivity index is 1.89. The smallest absolute Gasteiger partial charge is 0.138 e. The van der Waals surface area contributed by atoms with Crippen molar-refractivity contribution in [1.82, 2.24) is 4.90 Å². The maximum atomic E-state index is 13.8. The lowest BCUT2D eigenvalue weighted by Crippen LogP contribution is -2.37. The van der Waals surface area contributed by atoms with Gasteiger partial charge < -0.3 is 10.6 Å². The summed E-state index contributed by atoms with van der Waals surface area (Å²) in [6.07, 6.45) is 3.68. The van der Waals surface area contributed by atoms with Crippen molar-refractivity contribution in [2.45, 2.75) is 31.3 Å². The van der Waals surface area contributed by atoms with E-state index in [1.54, 1.807) is 12.1 Å².